The summed E-state index contributed by atoms with van der Waals surface area (Å²) >= 11 is 0. The second-order valence-electron chi connectivity index (χ2n) is 4.64. The molecule has 0 aliphatic carbocycles. The Bertz CT molecular complexity index is 288. The normalized spacial score (nSPS) is 16.4. The number of amides is 1. The van der Waals surface area contributed by atoms with Crippen LogP contribution in [0.2, 0.25) is 0 Å². The summed E-state index contributed by atoms with van der Waals surface area (Å²) in [4.78, 5) is 27.0. The van der Waals surface area contributed by atoms with Crippen LogP contribution >= 0.6 is 0 Å². The van der Waals surface area contributed by atoms with Crippen LogP contribution in [0.3, 0.4) is 0 Å². The number of carbonyl (C=O) groups excluding carboxylic acids is 2. The van der Waals surface area contributed by atoms with Gasteiger partial charge in [-0.1, -0.05) is 0 Å². The minimum Gasteiger partial charge on any atom is -0.469 e. The first kappa shape index (κ1) is 15.9. The van der Waals surface area contributed by atoms with Gasteiger partial charge in [0.2, 0.25) is 5.91 Å². The van der Waals surface area contributed by atoms with Crippen LogP contribution in [-0.4, -0.2) is 75.2 Å². The van der Waals surface area contributed by atoms with Crippen molar-refractivity contribution in [3.05, 3.63) is 0 Å². The van der Waals surface area contributed by atoms with Gasteiger partial charge in [0.1, 0.15) is 0 Å². The van der Waals surface area contributed by atoms with Gasteiger partial charge in [-0.15, -0.1) is 0 Å². The van der Waals surface area contributed by atoms with Gasteiger partial charge in [0.05, 0.1) is 13.5 Å². The fraction of sp³-hybridized carbons (Fsp3) is 0.846. The molecule has 0 atom stereocenters. The first-order valence-corrected chi connectivity index (χ1v) is 6.73. The molecule has 1 fully saturated rings. The molecule has 1 rings (SSSR count). The second kappa shape index (κ2) is 8.87. The maximum Gasteiger partial charge on any atom is 0.306 e. The van der Waals surface area contributed by atoms with Gasteiger partial charge in [0, 0.05) is 52.9 Å². The van der Waals surface area contributed by atoms with Crippen molar-refractivity contribution in [1.29, 1.82) is 0 Å². The molecule has 0 bridgehead atoms. The first-order valence-electron chi connectivity index (χ1n) is 6.73. The third-order valence-electron chi connectivity index (χ3n) is 3.32. The number of nitrogens with zero attached hydrogens (tertiary/aromatic N) is 2. The Morgan fingerprint density at radius 3 is 2.32 bits per heavy atom. The predicted molar refractivity (Wildman–Crippen MR) is 70.8 cm³/mol. The third kappa shape index (κ3) is 6.02. The molecule has 6 nitrogen and oxygen atoms in total. The molecule has 6 heteroatoms. The SMILES string of the molecule is COCCCC(=O)N1CCN(CCC(=O)OC)CC1. The standard InChI is InChI=1S/C13H24N2O4/c1-18-11-3-4-12(16)15-9-7-14(8-10-15)6-5-13(17)19-2/h3-11H2,1-2H3. The lowest BCUT2D eigenvalue weighted by molar-refractivity contribution is -0.141. The van der Waals surface area contributed by atoms with E-state index in [4.69, 9.17) is 4.74 Å². The maximum atomic E-state index is 11.9. The van der Waals surface area contributed by atoms with E-state index in [0.29, 0.717) is 26.0 Å². The van der Waals surface area contributed by atoms with E-state index in [9.17, 15) is 9.59 Å². The quantitative estimate of drug-likeness (QED) is 0.487. The highest BCUT2D eigenvalue weighted by atomic mass is 16.5. The largest absolute Gasteiger partial charge is 0.469 e. The molecule has 0 aromatic heterocycles. The molecule has 1 aliphatic heterocycles. The molecule has 1 aliphatic rings. The smallest absolute Gasteiger partial charge is 0.306 e. The molecular formula is C13H24N2O4. The summed E-state index contributed by atoms with van der Waals surface area (Å²) in [5, 5.41) is 0. The summed E-state index contributed by atoms with van der Waals surface area (Å²) in [5.41, 5.74) is 0. The molecule has 0 spiro atoms. The van der Waals surface area contributed by atoms with E-state index in [-0.39, 0.29) is 11.9 Å². The van der Waals surface area contributed by atoms with Crippen molar-refractivity contribution in [2.75, 3.05) is 53.6 Å². The summed E-state index contributed by atoms with van der Waals surface area (Å²) in [6, 6.07) is 0. The molecule has 0 unspecified atom stereocenters. The number of methoxy groups -OCH3 is 2. The minimum absolute atomic E-state index is 0.182. The Morgan fingerprint density at radius 2 is 1.74 bits per heavy atom. The Balaban J connectivity index is 2.17. The molecule has 0 aromatic carbocycles. The lowest BCUT2D eigenvalue weighted by Crippen LogP contribution is -2.49. The van der Waals surface area contributed by atoms with E-state index in [2.05, 4.69) is 9.64 Å². The predicted octanol–water partition coefficient (Wildman–Crippen LogP) is 0.120. The Kier molecular flexibility index (Phi) is 7.43. The van der Waals surface area contributed by atoms with E-state index < -0.39 is 0 Å². The van der Waals surface area contributed by atoms with Gasteiger partial charge in [-0.25, -0.2) is 0 Å². The minimum atomic E-state index is -0.182. The third-order valence-corrected chi connectivity index (χ3v) is 3.32. The Labute approximate surface area is 114 Å². The summed E-state index contributed by atoms with van der Waals surface area (Å²) in [7, 11) is 3.05. The highest BCUT2D eigenvalue weighted by Crippen LogP contribution is 2.06. The van der Waals surface area contributed by atoms with Gasteiger partial charge in [-0.3, -0.25) is 14.5 Å². The average Bonchev–Trinajstić information content (AvgIpc) is 2.45. The van der Waals surface area contributed by atoms with E-state index in [0.717, 1.165) is 32.6 Å². The molecule has 1 heterocycles. The number of rotatable bonds is 7. The van der Waals surface area contributed by atoms with Crippen LogP contribution in [0.1, 0.15) is 19.3 Å². The number of hydrogen-bond acceptors (Lipinski definition) is 5. The molecule has 110 valence electrons. The molecular weight excluding hydrogens is 248 g/mol. The van der Waals surface area contributed by atoms with Crippen molar-refractivity contribution in [2.45, 2.75) is 19.3 Å². The first-order chi connectivity index (χ1) is 9.17. The van der Waals surface area contributed by atoms with Gasteiger partial charge in [-0.05, 0) is 6.42 Å². The number of ether oxygens (including phenoxy) is 2. The van der Waals surface area contributed by atoms with Crippen molar-refractivity contribution >= 4 is 11.9 Å². The highest BCUT2D eigenvalue weighted by Gasteiger charge is 2.20. The van der Waals surface area contributed by atoms with Crippen molar-refractivity contribution in [3.8, 4) is 0 Å². The molecule has 0 radical (unpaired) electrons. The van der Waals surface area contributed by atoms with Gasteiger partial charge in [0.25, 0.3) is 0 Å². The second-order valence-corrected chi connectivity index (χ2v) is 4.64. The molecule has 19 heavy (non-hydrogen) atoms. The van der Waals surface area contributed by atoms with E-state index in [1.54, 1.807) is 7.11 Å². The lowest BCUT2D eigenvalue weighted by Gasteiger charge is -2.34. The van der Waals surface area contributed by atoms with Crippen molar-refractivity contribution < 1.29 is 19.1 Å². The zero-order valence-electron chi connectivity index (χ0n) is 11.9. The zero-order chi connectivity index (χ0) is 14.1. The fourth-order valence-corrected chi connectivity index (χ4v) is 2.10. The van der Waals surface area contributed by atoms with Crippen LogP contribution in [0.15, 0.2) is 0 Å². The zero-order valence-corrected chi connectivity index (χ0v) is 11.9. The van der Waals surface area contributed by atoms with Crippen molar-refractivity contribution in [1.82, 2.24) is 9.80 Å². The number of hydrogen-bond donors (Lipinski definition) is 0. The Morgan fingerprint density at radius 1 is 1.05 bits per heavy atom. The highest BCUT2D eigenvalue weighted by molar-refractivity contribution is 5.76. The van der Waals surface area contributed by atoms with Gasteiger partial charge in [0.15, 0.2) is 0 Å². The van der Waals surface area contributed by atoms with Gasteiger partial charge < -0.3 is 14.4 Å². The maximum absolute atomic E-state index is 11.9. The van der Waals surface area contributed by atoms with Gasteiger partial charge in [-0.2, -0.15) is 0 Å². The topological polar surface area (TPSA) is 59.1 Å². The molecule has 0 saturated carbocycles. The number of esters is 1. The Hall–Kier alpha value is -1.14. The molecule has 0 aromatic rings. The van der Waals surface area contributed by atoms with Gasteiger partial charge >= 0.3 is 5.97 Å². The molecule has 1 saturated heterocycles. The number of piperazine rings is 1. The van der Waals surface area contributed by atoms with E-state index >= 15 is 0 Å². The van der Waals surface area contributed by atoms with Crippen LogP contribution in [0.25, 0.3) is 0 Å². The number of carbonyl (C=O) groups is 2. The van der Waals surface area contributed by atoms with Crippen molar-refractivity contribution in [3.63, 3.8) is 0 Å². The lowest BCUT2D eigenvalue weighted by atomic mass is 10.2. The van der Waals surface area contributed by atoms with E-state index in [1.807, 2.05) is 4.90 Å². The molecule has 1 amide bonds. The van der Waals surface area contributed by atoms with Crippen LogP contribution in [-0.2, 0) is 19.1 Å². The fourth-order valence-electron chi connectivity index (χ4n) is 2.10. The average molecular weight is 272 g/mol. The summed E-state index contributed by atoms with van der Waals surface area (Å²) in [5.74, 6) is 0.0164. The van der Waals surface area contributed by atoms with Crippen molar-refractivity contribution in [2.24, 2.45) is 0 Å². The van der Waals surface area contributed by atoms with Crippen LogP contribution in [0, 0.1) is 0 Å². The summed E-state index contributed by atoms with van der Waals surface area (Å²) < 4.78 is 9.55. The van der Waals surface area contributed by atoms with Crippen LogP contribution < -0.4 is 0 Å². The monoisotopic (exact) mass is 272 g/mol. The van der Waals surface area contributed by atoms with E-state index in [1.165, 1.54) is 7.11 Å². The molecule has 0 N–H and O–H groups in total. The van der Waals surface area contributed by atoms with Crippen LogP contribution in [0.4, 0.5) is 0 Å². The summed E-state index contributed by atoms with van der Waals surface area (Å²) in [6.07, 6.45) is 1.74. The van der Waals surface area contributed by atoms with Crippen LogP contribution in [0.5, 0.6) is 0 Å². The summed E-state index contributed by atoms with van der Waals surface area (Å²) in [6.45, 7) is 4.48.